The molecule has 1 amide bonds. The summed E-state index contributed by atoms with van der Waals surface area (Å²) < 4.78 is 27.4. The van der Waals surface area contributed by atoms with Crippen LogP contribution in [-0.4, -0.2) is 76.4 Å². The van der Waals surface area contributed by atoms with E-state index in [9.17, 15) is 4.79 Å². The summed E-state index contributed by atoms with van der Waals surface area (Å²) in [5, 5.41) is 0. The first-order valence-electron chi connectivity index (χ1n) is 10.3. The van der Waals surface area contributed by atoms with Crippen LogP contribution in [0.15, 0.2) is 30.3 Å². The van der Waals surface area contributed by atoms with Crippen LogP contribution in [0.1, 0.15) is 15.9 Å². The van der Waals surface area contributed by atoms with Gasteiger partial charge in [0, 0.05) is 38.3 Å². The molecule has 0 spiro atoms. The predicted octanol–water partition coefficient (Wildman–Crippen LogP) is 2.44. The van der Waals surface area contributed by atoms with E-state index in [0.29, 0.717) is 49.1 Å². The van der Waals surface area contributed by atoms with Gasteiger partial charge in [-0.15, -0.1) is 0 Å². The molecule has 8 heteroatoms. The van der Waals surface area contributed by atoms with Gasteiger partial charge in [-0.25, -0.2) is 0 Å². The van der Waals surface area contributed by atoms with Crippen molar-refractivity contribution in [1.29, 1.82) is 0 Å². The summed E-state index contributed by atoms with van der Waals surface area (Å²) in [6.45, 7) is 4.62. The van der Waals surface area contributed by atoms with E-state index in [2.05, 4.69) is 4.90 Å². The highest BCUT2D eigenvalue weighted by Gasteiger charge is 2.26. The Morgan fingerprint density at radius 1 is 0.871 bits per heavy atom. The van der Waals surface area contributed by atoms with Gasteiger partial charge in [-0.2, -0.15) is 0 Å². The molecule has 166 valence electrons. The summed E-state index contributed by atoms with van der Waals surface area (Å²) >= 11 is 0. The first-order valence-corrected chi connectivity index (χ1v) is 10.3. The summed E-state index contributed by atoms with van der Waals surface area (Å²) in [5.74, 6) is 3.05. The van der Waals surface area contributed by atoms with Crippen LogP contribution in [0.25, 0.3) is 0 Å². The highest BCUT2D eigenvalue weighted by Crippen LogP contribution is 2.40. The number of ether oxygens (including phenoxy) is 5. The summed E-state index contributed by atoms with van der Waals surface area (Å²) in [6, 6.07) is 9.43. The number of nitrogens with zero attached hydrogens (tertiary/aromatic N) is 2. The van der Waals surface area contributed by atoms with Gasteiger partial charge in [-0.05, 0) is 29.8 Å². The molecule has 4 rings (SSSR count). The van der Waals surface area contributed by atoms with Crippen LogP contribution in [0.3, 0.4) is 0 Å². The zero-order valence-corrected chi connectivity index (χ0v) is 18.2. The smallest absolute Gasteiger partial charge is 0.254 e. The third kappa shape index (κ3) is 4.49. The molecular weight excluding hydrogens is 400 g/mol. The first-order chi connectivity index (χ1) is 15.1. The second-order valence-electron chi connectivity index (χ2n) is 7.46. The van der Waals surface area contributed by atoms with Gasteiger partial charge in [-0.3, -0.25) is 9.69 Å². The lowest BCUT2D eigenvalue weighted by Gasteiger charge is -2.35. The van der Waals surface area contributed by atoms with Gasteiger partial charge in [0.2, 0.25) is 5.75 Å². The number of piperazine rings is 1. The molecule has 0 atom stereocenters. The van der Waals surface area contributed by atoms with E-state index >= 15 is 0 Å². The van der Waals surface area contributed by atoms with Crippen molar-refractivity contribution in [3.63, 3.8) is 0 Å². The van der Waals surface area contributed by atoms with E-state index in [0.717, 1.165) is 36.7 Å². The fraction of sp³-hybridized carbons (Fsp3) is 0.435. The quantitative estimate of drug-likeness (QED) is 0.700. The van der Waals surface area contributed by atoms with E-state index in [1.54, 1.807) is 33.5 Å². The van der Waals surface area contributed by atoms with Gasteiger partial charge in [0.15, 0.2) is 23.0 Å². The Kier molecular flexibility index (Phi) is 6.36. The minimum Gasteiger partial charge on any atom is -0.493 e. The van der Waals surface area contributed by atoms with Crippen molar-refractivity contribution in [2.45, 2.75) is 6.54 Å². The predicted molar refractivity (Wildman–Crippen MR) is 115 cm³/mol. The maximum absolute atomic E-state index is 13.1. The normalized spacial score (nSPS) is 16.0. The SMILES string of the molecule is COc1ccc(CN2CCN(C(=O)c3cc(OC)c4c(c3)OCCO4)CC2)cc1OC. The molecule has 1 fully saturated rings. The molecule has 0 saturated carbocycles. The average molecular weight is 428 g/mol. The molecule has 0 aliphatic carbocycles. The highest BCUT2D eigenvalue weighted by atomic mass is 16.6. The topological polar surface area (TPSA) is 69.7 Å². The van der Waals surface area contributed by atoms with E-state index in [1.807, 2.05) is 23.1 Å². The Hall–Kier alpha value is -3.13. The van der Waals surface area contributed by atoms with Gasteiger partial charge < -0.3 is 28.6 Å². The number of methoxy groups -OCH3 is 3. The number of hydrogen-bond acceptors (Lipinski definition) is 7. The van der Waals surface area contributed by atoms with Crippen LogP contribution in [0.2, 0.25) is 0 Å². The lowest BCUT2D eigenvalue weighted by atomic mass is 10.1. The minimum atomic E-state index is -0.0268. The molecule has 2 aromatic rings. The Balaban J connectivity index is 1.39. The minimum absolute atomic E-state index is 0.0268. The van der Waals surface area contributed by atoms with Crippen LogP contribution in [0.5, 0.6) is 28.7 Å². The lowest BCUT2D eigenvalue weighted by Crippen LogP contribution is -2.48. The largest absolute Gasteiger partial charge is 0.493 e. The van der Waals surface area contributed by atoms with E-state index < -0.39 is 0 Å². The second-order valence-corrected chi connectivity index (χ2v) is 7.46. The van der Waals surface area contributed by atoms with E-state index in [1.165, 1.54) is 0 Å². The van der Waals surface area contributed by atoms with Crippen molar-refractivity contribution in [1.82, 2.24) is 9.80 Å². The van der Waals surface area contributed by atoms with Crippen molar-refractivity contribution in [2.75, 3.05) is 60.7 Å². The summed E-state index contributed by atoms with van der Waals surface area (Å²) in [7, 11) is 4.83. The van der Waals surface area contributed by atoms with Crippen molar-refractivity contribution in [3.05, 3.63) is 41.5 Å². The Morgan fingerprint density at radius 2 is 1.58 bits per heavy atom. The Bertz CT molecular complexity index is 923. The van der Waals surface area contributed by atoms with Gasteiger partial charge in [0.1, 0.15) is 13.2 Å². The number of carbonyl (C=O) groups is 1. The standard InChI is InChI=1S/C23H28N2O6/c1-27-18-5-4-16(12-19(18)28-2)15-24-6-8-25(9-7-24)23(26)17-13-20(29-3)22-21(14-17)30-10-11-31-22/h4-5,12-14H,6-11,15H2,1-3H3. The zero-order valence-electron chi connectivity index (χ0n) is 18.2. The van der Waals surface area contributed by atoms with Crippen LogP contribution in [-0.2, 0) is 6.54 Å². The molecule has 0 bridgehead atoms. The molecule has 8 nitrogen and oxygen atoms in total. The van der Waals surface area contributed by atoms with Crippen molar-refractivity contribution in [3.8, 4) is 28.7 Å². The number of benzene rings is 2. The summed E-state index contributed by atoms with van der Waals surface area (Å²) in [5.41, 5.74) is 1.70. The highest BCUT2D eigenvalue weighted by molar-refractivity contribution is 5.95. The Morgan fingerprint density at radius 3 is 2.29 bits per heavy atom. The number of rotatable bonds is 6. The van der Waals surface area contributed by atoms with Crippen LogP contribution < -0.4 is 23.7 Å². The van der Waals surface area contributed by atoms with Crippen molar-refractivity contribution in [2.24, 2.45) is 0 Å². The molecule has 2 aromatic carbocycles. The van der Waals surface area contributed by atoms with Crippen molar-refractivity contribution < 1.29 is 28.5 Å². The van der Waals surface area contributed by atoms with Crippen LogP contribution >= 0.6 is 0 Å². The lowest BCUT2D eigenvalue weighted by molar-refractivity contribution is 0.0627. The average Bonchev–Trinajstić information content (AvgIpc) is 2.83. The van der Waals surface area contributed by atoms with Gasteiger partial charge in [0.25, 0.3) is 5.91 Å². The number of fused-ring (bicyclic) bond motifs is 1. The van der Waals surface area contributed by atoms with E-state index in [-0.39, 0.29) is 5.91 Å². The molecular formula is C23H28N2O6. The monoisotopic (exact) mass is 428 g/mol. The van der Waals surface area contributed by atoms with Gasteiger partial charge in [0.05, 0.1) is 21.3 Å². The molecule has 1 saturated heterocycles. The molecule has 2 aliphatic rings. The number of hydrogen-bond donors (Lipinski definition) is 0. The third-order valence-corrected chi connectivity index (χ3v) is 5.59. The molecule has 2 aliphatic heterocycles. The maximum Gasteiger partial charge on any atom is 0.254 e. The van der Waals surface area contributed by atoms with E-state index in [4.69, 9.17) is 23.7 Å². The maximum atomic E-state index is 13.1. The van der Waals surface area contributed by atoms with Crippen LogP contribution in [0.4, 0.5) is 0 Å². The molecule has 2 heterocycles. The fourth-order valence-corrected chi connectivity index (χ4v) is 3.93. The number of carbonyl (C=O) groups excluding carboxylic acids is 1. The summed E-state index contributed by atoms with van der Waals surface area (Å²) in [4.78, 5) is 17.3. The first kappa shape index (κ1) is 21.1. The van der Waals surface area contributed by atoms with Crippen LogP contribution in [0, 0.1) is 0 Å². The molecule has 0 aromatic heterocycles. The summed E-state index contributed by atoms with van der Waals surface area (Å²) in [6.07, 6.45) is 0. The zero-order chi connectivity index (χ0) is 21.8. The second kappa shape index (κ2) is 9.34. The molecule has 31 heavy (non-hydrogen) atoms. The third-order valence-electron chi connectivity index (χ3n) is 5.59. The molecule has 0 N–H and O–H groups in total. The Labute approximate surface area is 182 Å². The fourth-order valence-electron chi connectivity index (χ4n) is 3.93. The molecule has 0 unspecified atom stereocenters. The van der Waals surface area contributed by atoms with Crippen molar-refractivity contribution >= 4 is 5.91 Å². The molecule has 0 radical (unpaired) electrons. The number of amides is 1. The van der Waals surface area contributed by atoms with Gasteiger partial charge >= 0.3 is 0 Å². The van der Waals surface area contributed by atoms with Gasteiger partial charge in [-0.1, -0.05) is 6.07 Å².